The summed E-state index contributed by atoms with van der Waals surface area (Å²) in [7, 11) is 0. The summed E-state index contributed by atoms with van der Waals surface area (Å²) in [6, 6.07) is 9.16. The lowest BCUT2D eigenvalue weighted by Crippen LogP contribution is -2.37. The van der Waals surface area contributed by atoms with E-state index < -0.39 is 0 Å². The van der Waals surface area contributed by atoms with Gasteiger partial charge in [-0.3, -0.25) is 14.7 Å². The average molecular weight is 490 g/mol. The van der Waals surface area contributed by atoms with Gasteiger partial charge in [-0.2, -0.15) is 0 Å². The van der Waals surface area contributed by atoms with Crippen molar-refractivity contribution < 1.29 is 4.74 Å². The van der Waals surface area contributed by atoms with E-state index in [0.29, 0.717) is 18.2 Å². The molecule has 0 saturated carbocycles. The number of aromatic nitrogens is 3. The van der Waals surface area contributed by atoms with Crippen LogP contribution >= 0.6 is 0 Å². The van der Waals surface area contributed by atoms with Gasteiger partial charge < -0.3 is 26.1 Å². The first kappa shape index (κ1) is 25.4. The van der Waals surface area contributed by atoms with Crippen LogP contribution in [0.4, 0.5) is 5.82 Å². The smallest absolute Gasteiger partial charge is 0.250 e. The number of nitrogens with one attached hydrogen (secondary N) is 1. The maximum atomic E-state index is 12.4. The van der Waals surface area contributed by atoms with Gasteiger partial charge in [0.1, 0.15) is 11.6 Å². The number of ether oxygens (including phenoxy) is 1. The van der Waals surface area contributed by atoms with Gasteiger partial charge in [0.2, 0.25) is 0 Å². The van der Waals surface area contributed by atoms with Crippen molar-refractivity contribution in [3.63, 3.8) is 0 Å². The molecule has 0 bridgehead atoms. The zero-order valence-corrected chi connectivity index (χ0v) is 21.0. The predicted octanol–water partition coefficient (Wildman–Crippen LogP) is 2.89. The number of morpholine rings is 1. The van der Waals surface area contributed by atoms with Gasteiger partial charge in [-0.25, -0.2) is 4.98 Å². The van der Waals surface area contributed by atoms with Gasteiger partial charge in [-0.15, -0.1) is 0 Å². The van der Waals surface area contributed by atoms with Crippen LogP contribution in [0.5, 0.6) is 0 Å². The molecular weight excluding hydrogens is 454 g/mol. The van der Waals surface area contributed by atoms with E-state index in [2.05, 4.69) is 29.0 Å². The molecule has 36 heavy (non-hydrogen) atoms. The van der Waals surface area contributed by atoms with Crippen LogP contribution in [-0.2, 0) is 11.3 Å². The highest BCUT2D eigenvalue weighted by molar-refractivity contribution is 5.81. The van der Waals surface area contributed by atoms with E-state index in [9.17, 15) is 4.79 Å². The SMILES string of the molecule is CC(C)C(=C/N)/C=C(\N)Nc1ccc2ncc(-c3ccc(=O)n(CCCN4CCOCC4)c3)cc2n1. The number of aryl methyl sites for hydroxylation is 1. The first-order valence-corrected chi connectivity index (χ1v) is 12.4. The van der Waals surface area contributed by atoms with E-state index in [1.54, 1.807) is 16.8 Å². The minimum absolute atomic E-state index is 0.00588. The normalized spacial score (nSPS) is 15.5. The van der Waals surface area contributed by atoms with Crippen LogP contribution in [0.25, 0.3) is 22.2 Å². The fraction of sp³-hybridized carbons (Fsp3) is 0.370. The molecule has 4 rings (SSSR count). The number of allylic oxidation sites excluding steroid dienone is 2. The monoisotopic (exact) mass is 489 g/mol. The maximum Gasteiger partial charge on any atom is 0.250 e. The molecule has 0 aliphatic carbocycles. The van der Waals surface area contributed by atoms with E-state index in [1.165, 1.54) is 0 Å². The summed E-state index contributed by atoms with van der Waals surface area (Å²) in [5.74, 6) is 1.33. The molecule has 0 amide bonds. The molecule has 1 aliphatic heterocycles. The lowest BCUT2D eigenvalue weighted by atomic mass is 10.0. The Hall–Kier alpha value is -3.69. The Balaban J connectivity index is 1.50. The summed E-state index contributed by atoms with van der Waals surface area (Å²) in [5.41, 5.74) is 16.1. The minimum Gasteiger partial charge on any atom is -0.404 e. The average Bonchev–Trinajstić information content (AvgIpc) is 2.88. The summed E-state index contributed by atoms with van der Waals surface area (Å²) >= 11 is 0. The molecule has 1 aliphatic rings. The van der Waals surface area contributed by atoms with E-state index in [-0.39, 0.29) is 11.5 Å². The van der Waals surface area contributed by atoms with Crippen molar-refractivity contribution >= 4 is 16.9 Å². The topological polar surface area (TPSA) is 124 Å². The Kier molecular flexibility index (Phi) is 8.35. The van der Waals surface area contributed by atoms with Crippen molar-refractivity contribution in [1.82, 2.24) is 19.4 Å². The summed E-state index contributed by atoms with van der Waals surface area (Å²) in [5, 5.41) is 3.13. The van der Waals surface area contributed by atoms with Gasteiger partial charge >= 0.3 is 0 Å². The molecule has 3 aromatic rings. The van der Waals surface area contributed by atoms with Gasteiger partial charge in [-0.05, 0) is 60.0 Å². The molecule has 1 fully saturated rings. The fourth-order valence-electron chi connectivity index (χ4n) is 4.17. The molecule has 0 radical (unpaired) electrons. The largest absolute Gasteiger partial charge is 0.404 e. The van der Waals surface area contributed by atoms with Crippen molar-refractivity contribution in [1.29, 1.82) is 0 Å². The van der Waals surface area contributed by atoms with E-state index >= 15 is 0 Å². The summed E-state index contributed by atoms with van der Waals surface area (Å²) < 4.78 is 7.18. The molecule has 9 heteroatoms. The Morgan fingerprint density at radius 2 is 1.94 bits per heavy atom. The maximum absolute atomic E-state index is 12.4. The molecular formula is C27H35N7O2. The lowest BCUT2D eigenvalue weighted by Gasteiger charge is -2.26. The van der Waals surface area contributed by atoms with Crippen molar-refractivity contribution in [2.24, 2.45) is 17.4 Å². The highest BCUT2D eigenvalue weighted by atomic mass is 16.5. The molecule has 3 aromatic heterocycles. The van der Waals surface area contributed by atoms with Crippen molar-refractivity contribution in [3.8, 4) is 11.1 Å². The number of nitrogens with two attached hydrogens (primary N) is 2. The molecule has 0 spiro atoms. The minimum atomic E-state index is -0.00588. The molecule has 1 saturated heterocycles. The molecule has 190 valence electrons. The van der Waals surface area contributed by atoms with Crippen LogP contribution in [0.3, 0.4) is 0 Å². The summed E-state index contributed by atoms with van der Waals surface area (Å²) in [4.78, 5) is 24.1. The molecule has 0 aromatic carbocycles. The standard InChI is InChI=1S/C27H35N7O2/c1-19(2)21(16-28)15-25(29)32-26-6-5-23-24(31-26)14-22(17-30-23)20-4-7-27(35)34(18-20)9-3-8-33-10-12-36-13-11-33/h4-7,14-19H,3,8-13,28-29H2,1-2H3,(H,31,32)/b21-16+,25-15+. The first-order valence-electron chi connectivity index (χ1n) is 12.4. The first-order chi connectivity index (χ1) is 17.4. The van der Waals surface area contributed by atoms with Crippen LogP contribution in [0.15, 0.2) is 71.2 Å². The zero-order chi connectivity index (χ0) is 25.5. The zero-order valence-electron chi connectivity index (χ0n) is 21.0. The third-order valence-corrected chi connectivity index (χ3v) is 6.28. The quantitative estimate of drug-likeness (QED) is 0.392. The third-order valence-electron chi connectivity index (χ3n) is 6.28. The molecule has 5 N–H and O–H groups in total. The van der Waals surface area contributed by atoms with Gasteiger partial charge in [0, 0.05) is 50.2 Å². The van der Waals surface area contributed by atoms with Gasteiger partial charge in [0.15, 0.2) is 0 Å². The van der Waals surface area contributed by atoms with Gasteiger partial charge in [0.05, 0.1) is 24.2 Å². The van der Waals surface area contributed by atoms with Crippen LogP contribution in [0.1, 0.15) is 20.3 Å². The number of rotatable bonds is 9. The van der Waals surface area contributed by atoms with Gasteiger partial charge in [-0.1, -0.05) is 13.8 Å². The number of fused-ring (bicyclic) bond motifs is 1. The highest BCUT2D eigenvalue weighted by Gasteiger charge is 2.10. The third kappa shape index (κ3) is 6.50. The summed E-state index contributed by atoms with van der Waals surface area (Å²) in [6.07, 6.45) is 7.99. The Labute approximate surface area is 211 Å². The number of anilines is 1. The Morgan fingerprint density at radius 1 is 1.14 bits per heavy atom. The van der Waals surface area contributed by atoms with Crippen molar-refractivity contribution in [3.05, 3.63) is 76.7 Å². The van der Waals surface area contributed by atoms with E-state index in [0.717, 1.165) is 67.0 Å². The van der Waals surface area contributed by atoms with Crippen LogP contribution < -0.4 is 22.3 Å². The van der Waals surface area contributed by atoms with Crippen molar-refractivity contribution in [2.75, 3.05) is 38.2 Å². The second-order valence-corrected chi connectivity index (χ2v) is 9.26. The molecule has 0 unspecified atom stereocenters. The lowest BCUT2D eigenvalue weighted by molar-refractivity contribution is 0.0369. The molecule has 9 nitrogen and oxygen atoms in total. The number of hydrogen-bond acceptors (Lipinski definition) is 8. The fourth-order valence-corrected chi connectivity index (χ4v) is 4.17. The van der Waals surface area contributed by atoms with Crippen LogP contribution in [0, 0.1) is 5.92 Å². The second kappa shape index (κ2) is 11.8. The highest BCUT2D eigenvalue weighted by Crippen LogP contribution is 2.22. The van der Waals surface area contributed by atoms with Crippen LogP contribution in [0.2, 0.25) is 0 Å². The van der Waals surface area contributed by atoms with E-state index in [4.69, 9.17) is 21.2 Å². The van der Waals surface area contributed by atoms with Gasteiger partial charge in [0.25, 0.3) is 5.56 Å². The second-order valence-electron chi connectivity index (χ2n) is 9.26. The predicted molar refractivity (Wildman–Crippen MR) is 144 cm³/mol. The molecule has 0 atom stereocenters. The van der Waals surface area contributed by atoms with Crippen molar-refractivity contribution in [2.45, 2.75) is 26.8 Å². The Morgan fingerprint density at radius 3 is 2.69 bits per heavy atom. The van der Waals surface area contributed by atoms with E-state index in [1.807, 2.05) is 42.7 Å². The number of nitrogens with zero attached hydrogens (tertiary/aromatic N) is 4. The molecule has 4 heterocycles. The van der Waals surface area contributed by atoms with Crippen LogP contribution in [-0.4, -0.2) is 52.3 Å². The number of hydrogen-bond donors (Lipinski definition) is 3. The number of pyridine rings is 3. The summed E-state index contributed by atoms with van der Waals surface area (Å²) in [6.45, 7) is 9.18. The Bertz CT molecular complexity index is 1310.